The molecule has 0 bridgehead atoms. The lowest BCUT2D eigenvalue weighted by molar-refractivity contribution is 0.183. The topological polar surface area (TPSA) is 41.6 Å². The van der Waals surface area contributed by atoms with Crippen molar-refractivity contribution in [3.8, 4) is 5.75 Å². The number of benzene rings is 1. The molecular formula is C17H26N2O2. The van der Waals surface area contributed by atoms with Crippen molar-refractivity contribution in [3.63, 3.8) is 0 Å². The number of amides is 2. The summed E-state index contributed by atoms with van der Waals surface area (Å²) < 4.78 is 5.17. The van der Waals surface area contributed by atoms with E-state index < -0.39 is 0 Å². The number of urea groups is 1. The van der Waals surface area contributed by atoms with Crippen molar-refractivity contribution >= 4 is 6.03 Å². The van der Waals surface area contributed by atoms with Gasteiger partial charge in [0.25, 0.3) is 0 Å². The zero-order valence-electron chi connectivity index (χ0n) is 13.4. The van der Waals surface area contributed by atoms with E-state index in [1.165, 1.54) is 12.8 Å². The first-order valence-electron chi connectivity index (χ1n) is 7.74. The summed E-state index contributed by atoms with van der Waals surface area (Å²) in [6, 6.07) is 8.25. The predicted octanol–water partition coefficient (Wildman–Crippen LogP) is 3.59. The van der Waals surface area contributed by atoms with Crippen molar-refractivity contribution in [2.24, 2.45) is 5.92 Å². The molecule has 1 aliphatic rings. The van der Waals surface area contributed by atoms with E-state index >= 15 is 0 Å². The molecule has 2 rings (SSSR count). The first-order valence-corrected chi connectivity index (χ1v) is 7.74. The van der Waals surface area contributed by atoms with E-state index in [1.807, 2.05) is 36.2 Å². The molecule has 0 aliphatic heterocycles. The number of nitrogens with one attached hydrogen (secondary N) is 1. The van der Waals surface area contributed by atoms with Crippen LogP contribution in [0.5, 0.6) is 5.75 Å². The Kier molecular flexibility index (Phi) is 5.10. The smallest absolute Gasteiger partial charge is 0.317 e. The number of methoxy groups -OCH3 is 1. The van der Waals surface area contributed by atoms with Gasteiger partial charge < -0.3 is 15.0 Å². The maximum Gasteiger partial charge on any atom is 0.317 e. The molecule has 2 amide bonds. The number of hydrogen-bond acceptors (Lipinski definition) is 2. The molecule has 1 aromatic carbocycles. The lowest BCUT2D eigenvalue weighted by Gasteiger charge is -2.28. The second kappa shape index (κ2) is 6.83. The third kappa shape index (κ3) is 3.90. The summed E-state index contributed by atoms with van der Waals surface area (Å²) in [6.45, 7) is 4.21. The van der Waals surface area contributed by atoms with Crippen molar-refractivity contribution in [3.05, 3.63) is 29.8 Å². The maximum absolute atomic E-state index is 12.4. The Morgan fingerprint density at radius 3 is 2.48 bits per heavy atom. The molecule has 1 aliphatic carbocycles. The zero-order valence-corrected chi connectivity index (χ0v) is 13.4. The average molecular weight is 290 g/mol. The minimum atomic E-state index is 0.0112. The van der Waals surface area contributed by atoms with Gasteiger partial charge in [0.05, 0.1) is 13.2 Å². The van der Waals surface area contributed by atoms with Gasteiger partial charge in [0.1, 0.15) is 5.75 Å². The maximum atomic E-state index is 12.4. The fraction of sp³-hybridized carbons (Fsp3) is 0.588. The highest BCUT2D eigenvalue weighted by Gasteiger charge is 2.32. The third-order valence-corrected chi connectivity index (χ3v) is 4.46. The highest BCUT2D eigenvalue weighted by molar-refractivity contribution is 5.74. The minimum absolute atomic E-state index is 0.0112. The molecule has 116 valence electrons. The van der Waals surface area contributed by atoms with Crippen LogP contribution < -0.4 is 10.1 Å². The first kappa shape index (κ1) is 15.7. The normalized spacial score (nSPS) is 17.0. The van der Waals surface area contributed by atoms with E-state index in [-0.39, 0.29) is 12.1 Å². The van der Waals surface area contributed by atoms with Crippen LogP contribution in [0.25, 0.3) is 0 Å². The van der Waals surface area contributed by atoms with Gasteiger partial charge >= 0.3 is 6.03 Å². The van der Waals surface area contributed by atoms with Crippen molar-refractivity contribution in [2.45, 2.75) is 45.2 Å². The molecule has 0 heterocycles. The van der Waals surface area contributed by atoms with E-state index in [2.05, 4.69) is 19.2 Å². The molecule has 4 nitrogen and oxygen atoms in total. The van der Waals surface area contributed by atoms with Crippen LogP contribution in [0.2, 0.25) is 0 Å². The largest absolute Gasteiger partial charge is 0.497 e. The molecule has 2 unspecified atom stereocenters. The summed E-state index contributed by atoms with van der Waals surface area (Å²) in [4.78, 5) is 14.2. The van der Waals surface area contributed by atoms with Crippen LogP contribution in [-0.2, 0) is 0 Å². The summed E-state index contributed by atoms with van der Waals surface area (Å²) in [5.41, 5.74) is 1.11. The minimum Gasteiger partial charge on any atom is -0.497 e. The highest BCUT2D eigenvalue weighted by atomic mass is 16.5. The molecule has 0 spiro atoms. The zero-order chi connectivity index (χ0) is 15.4. The molecule has 1 fully saturated rings. The van der Waals surface area contributed by atoms with Gasteiger partial charge in [-0.3, -0.25) is 0 Å². The van der Waals surface area contributed by atoms with Crippen molar-refractivity contribution in [1.82, 2.24) is 10.2 Å². The second-order valence-corrected chi connectivity index (χ2v) is 5.87. The van der Waals surface area contributed by atoms with E-state index in [1.54, 1.807) is 7.11 Å². The number of hydrogen-bond donors (Lipinski definition) is 1. The number of rotatable bonds is 6. The molecule has 1 N–H and O–H groups in total. The Morgan fingerprint density at radius 2 is 2.00 bits per heavy atom. The molecule has 0 aromatic heterocycles. The Balaban J connectivity index is 1.98. The van der Waals surface area contributed by atoms with Crippen LogP contribution in [-0.4, -0.2) is 31.1 Å². The van der Waals surface area contributed by atoms with E-state index in [0.29, 0.717) is 12.0 Å². The molecular weight excluding hydrogens is 264 g/mol. The fourth-order valence-electron chi connectivity index (χ4n) is 2.59. The van der Waals surface area contributed by atoms with Gasteiger partial charge in [0.15, 0.2) is 0 Å². The summed E-state index contributed by atoms with van der Waals surface area (Å²) >= 11 is 0. The summed E-state index contributed by atoms with van der Waals surface area (Å²) in [7, 11) is 3.54. The van der Waals surface area contributed by atoms with Crippen LogP contribution in [0, 0.1) is 5.92 Å². The first-order chi connectivity index (χ1) is 10.1. The Labute approximate surface area is 127 Å². The van der Waals surface area contributed by atoms with Crippen molar-refractivity contribution in [1.29, 1.82) is 0 Å². The van der Waals surface area contributed by atoms with Gasteiger partial charge in [-0.2, -0.15) is 0 Å². The predicted molar refractivity (Wildman–Crippen MR) is 84.5 cm³/mol. The van der Waals surface area contributed by atoms with Gasteiger partial charge in [0.2, 0.25) is 0 Å². The van der Waals surface area contributed by atoms with Crippen LogP contribution in [0.15, 0.2) is 24.3 Å². The number of nitrogens with zero attached hydrogens (tertiary/aromatic N) is 1. The molecule has 1 saturated carbocycles. The van der Waals surface area contributed by atoms with Crippen LogP contribution in [0.1, 0.15) is 44.7 Å². The lowest BCUT2D eigenvalue weighted by atomic mass is 10.0. The van der Waals surface area contributed by atoms with Crippen LogP contribution in [0.3, 0.4) is 0 Å². The Bertz CT molecular complexity index is 468. The van der Waals surface area contributed by atoms with Crippen LogP contribution >= 0.6 is 0 Å². The average Bonchev–Trinajstić information content (AvgIpc) is 3.35. The summed E-state index contributed by atoms with van der Waals surface area (Å²) in [5.74, 6) is 1.52. The standard InChI is InChI=1S/C17H26N2O2/c1-5-16(14-8-10-15(21-4)11-9-14)18-17(20)19(3)12(2)13-6-7-13/h8-13,16H,5-7H2,1-4H3,(H,18,20). The van der Waals surface area contributed by atoms with Gasteiger partial charge in [-0.1, -0.05) is 19.1 Å². The van der Waals surface area contributed by atoms with Crippen molar-refractivity contribution in [2.75, 3.05) is 14.2 Å². The number of carbonyl (C=O) groups excluding carboxylic acids is 1. The van der Waals surface area contributed by atoms with Gasteiger partial charge in [-0.15, -0.1) is 0 Å². The third-order valence-electron chi connectivity index (χ3n) is 4.46. The van der Waals surface area contributed by atoms with Gasteiger partial charge in [-0.05, 0) is 49.8 Å². The molecule has 0 radical (unpaired) electrons. The Hall–Kier alpha value is -1.71. The Morgan fingerprint density at radius 1 is 1.38 bits per heavy atom. The quantitative estimate of drug-likeness (QED) is 0.870. The molecule has 21 heavy (non-hydrogen) atoms. The second-order valence-electron chi connectivity index (χ2n) is 5.87. The fourth-order valence-corrected chi connectivity index (χ4v) is 2.59. The summed E-state index contributed by atoms with van der Waals surface area (Å²) in [6.07, 6.45) is 3.35. The van der Waals surface area contributed by atoms with Crippen LogP contribution in [0.4, 0.5) is 4.79 Å². The van der Waals surface area contributed by atoms with E-state index in [0.717, 1.165) is 17.7 Å². The summed E-state index contributed by atoms with van der Waals surface area (Å²) in [5, 5.41) is 3.13. The number of ether oxygens (including phenoxy) is 1. The van der Waals surface area contributed by atoms with Gasteiger partial charge in [0, 0.05) is 13.1 Å². The van der Waals surface area contributed by atoms with E-state index in [9.17, 15) is 4.79 Å². The highest BCUT2D eigenvalue weighted by Crippen LogP contribution is 2.34. The molecule has 1 aromatic rings. The van der Waals surface area contributed by atoms with Crippen molar-refractivity contribution < 1.29 is 9.53 Å². The monoisotopic (exact) mass is 290 g/mol. The lowest BCUT2D eigenvalue weighted by Crippen LogP contribution is -2.44. The number of carbonyl (C=O) groups is 1. The SMILES string of the molecule is CCC(NC(=O)N(C)C(C)C1CC1)c1ccc(OC)cc1. The van der Waals surface area contributed by atoms with E-state index in [4.69, 9.17) is 4.74 Å². The molecule has 4 heteroatoms. The molecule has 2 atom stereocenters. The van der Waals surface area contributed by atoms with Gasteiger partial charge in [-0.25, -0.2) is 4.79 Å². The molecule has 0 saturated heterocycles.